The molecule has 0 bridgehead atoms. The highest BCUT2D eigenvalue weighted by Gasteiger charge is 2.04. The third kappa shape index (κ3) is 3.08. The van der Waals surface area contributed by atoms with Gasteiger partial charge in [-0.25, -0.2) is 4.98 Å². The first-order valence-corrected chi connectivity index (χ1v) is 6.30. The van der Waals surface area contributed by atoms with E-state index in [0.29, 0.717) is 6.04 Å². The highest BCUT2D eigenvalue weighted by molar-refractivity contribution is 7.99. The van der Waals surface area contributed by atoms with Crippen molar-refractivity contribution in [2.45, 2.75) is 22.9 Å². The molecule has 2 rings (SSSR count). The second-order valence-corrected chi connectivity index (χ2v) is 4.99. The fraction of sp³-hybridized carbons (Fsp3) is 0.333. The topological polar surface area (TPSA) is 42.7 Å². The summed E-state index contributed by atoms with van der Waals surface area (Å²) in [4.78, 5) is 5.54. The molecule has 0 aliphatic rings. The van der Waals surface area contributed by atoms with Crippen molar-refractivity contribution in [3.05, 3.63) is 36.3 Å². The molecule has 0 saturated heterocycles. The Hall–Kier alpha value is -1.33. The van der Waals surface area contributed by atoms with Crippen LogP contribution in [0.15, 0.2) is 40.6 Å². The van der Waals surface area contributed by atoms with Gasteiger partial charge in [-0.2, -0.15) is 5.10 Å². The van der Waals surface area contributed by atoms with E-state index in [2.05, 4.69) is 28.4 Å². The van der Waals surface area contributed by atoms with Gasteiger partial charge in [0.2, 0.25) is 0 Å². The lowest BCUT2D eigenvalue weighted by Crippen LogP contribution is -2.12. The van der Waals surface area contributed by atoms with Gasteiger partial charge >= 0.3 is 0 Å². The zero-order valence-electron chi connectivity index (χ0n) is 10.2. The summed E-state index contributed by atoms with van der Waals surface area (Å²) in [5.74, 6) is 0. The summed E-state index contributed by atoms with van der Waals surface area (Å²) in [5.41, 5.74) is 1.20. The third-order valence-electron chi connectivity index (χ3n) is 2.60. The predicted octanol–water partition coefficient (Wildman–Crippen LogP) is 2.25. The van der Waals surface area contributed by atoms with Gasteiger partial charge in [0.25, 0.3) is 0 Å². The fourth-order valence-electron chi connectivity index (χ4n) is 1.45. The predicted molar refractivity (Wildman–Crippen MR) is 69.0 cm³/mol. The molecule has 1 atom stereocenters. The van der Waals surface area contributed by atoms with Crippen LogP contribution in [0.4, 0.5) is 0 Å². The van der Waals surface area contributed by atoms with Crippen LogP contribution in [-0.4, -0.2) is 21.8 Å². The number of nitrogens with zero attached hydrogens (tertiary/aromatic N) is 3. The van der Waals surface area contributed by atoms with Crippen molar-refractivity contribution in [1.29, 1.82) is 0 Å². The minimum atomic E-state index is 0.333. The molecule has 5 heteroatoms. The largest absolute Gasteiger partial charge is 0.313 e. The van der Waals surface area contributed by atoms with Crippen LogP contribution in [0.3, 0.4) is 0 Å². The van der Waals surface area contributed by atoms with Gasteiger partial charge in [0.15, 0.2) is 0 Å². The van der Waals surface area contributed by atoms with Crippen molar-refractivity contribution in [2.75, 3.05) is 7.05 Å². The third-order valence-corrected chi connectivity index (χ3v) is 3.49. The Morgan fingerprint density at radius 3 is 2.71 bits per heavy atom. The van der Waals surface area contributed by atoms with Gasteiger partial charge in [-0.15, -0.1) is 0 Å². The van der Waals surface area contributed by atoms with E-state index in [0.717, 1.165) is 9.92 Å². The van der Waals surface area contributed by atoms with E-state index in [9.17, 15) is 0 Å². The molecule has 2 aromatic rings. The van der Waals surface area contributed by atoms with Crippen LogP contribution in [-0.2, 0) is 7.05 Å². The average Bonchev–Trinajstić information content (AvgIpc) is 2.75. The zero-order valence-corrected chi connectivity index (χ0v) is 11.0. The molecule has 90 valence electrons. The summed E-state index contributed by atoms with van der Waals surface area (Å²) in [5, 5.41) is 8.31. The van der Waals surface area contributed by atoms with E-state index in [-0.39, 0.29) is 0 Å². The monoisotopic (exact) mass is 248 g/mol. The number of aromatic nitrogens is 3. The van der Waals surface area contributed by atoms with E-state index in [4.69, 9.17) is 0 Å². The lowest BCUT2D eigenvalue weighted by molar-refractivity contribution is 0.648. The minimum Gasteiger partial charge on any atom is -0.313 e. The van der Waals surface area contributed by atoms with Crippen LogP contribution in [0, 0.1) is 0 Å². The normalized spacial score (nSPS) is 12.6. The first kappa shape index (κ1) is 12.1. The lowest BCUT2D eigenvalue weighted by Gasteiger charge is -2.09. The van der Waals surface area contributed by atoms with E-state index in [1.54, 1.807) is 16.4 Å². The number of pyridine rings is 1. The molecule has 0 aliphatic heterocycles. The summed E-state index contributed by atoms with van der Waals surface area (Å²) < 4.78 is 1.79. The highest BCUT2D eigenvalue weighted by Crippen LogP contribution is 2.25. The van der Waals surface area contributed by atoms with Crippen molar-refractivity contribution in [2.24, 2.45) is 7.05 Å². The molecule has 2 aromatic heterocycles. The van der Waals surface area contributed by atoms with Gasteiger partial charge in [0.1, 0.15) is 5.03 Å². The zero-order chi connectivity index (χ0) is 12.3. The van der Waals surface area contributed by atoms with Gasteiger partial charge < -0.3 is 5.32 Å². The first-order chi connectivity index (χ1) is 8.19. The van der Waals surface area contributed by atoms with Crippen LogP contribution in [0.25, 0.3) is 0 Å². The number of rotatable bonds is 4. The van der Waals surface area contributed by atoms with Crippen LogP contribution < -0.4 is 5.32 Å². The van der Waals surface area contributed by atoms with E-state index >= 15 is 0 Å². The van der Waals surface area contributed by atoms with Crippen molar-refractivity contribution in [3.8, 4) is 0 Å². The van der Waals surface area contributed by atoms with Crippen molar-refractivity contribution in [3.63, 3.8) is 0 Å². The molecule has 0 aromatic carbocycles. The van der Waals surface area contributed by atoms with Gasteiger partial charge in [0, 0.05) is 25.5 Å². The Bertz CT molecular complexity index is 478. The first-order valence-electron chi connectivity index (χ1n) is 5.49. The molecule has 0 radical (unpaired) electrons. The standard InChI is InChI=1S/C12H16N4S/c1-9(13-2)10-4-5-12(14-6-10)17-11-7-15-16(3)8-11/h4-9,13H,1-3H3. The molecule has 0 saturated carbocycles. The Kier molecular flexibility index (Phi) is 3.81. The summed E-state index contributed by atoms with van der Waals surface area (Å²) in [6.07, 6.45) is 5.74. The maximum absolute atomic E-state index is 4.44. The molecule has 0 amide bonds. The van der Waals surface area contributed by atoms with Crippen molar-refractivity contribution in [1.82, 2.24) is 20.1 Å². The molecule has 4 nitrogen and oxygen atoms in total. The highest BCUT2D eigenvalue weighted by atomic mass is 32.2. The molecule has 2 heterocycles. The average molecular weight is 248 g/mol. The van der Waals surface area contributed by atoms with Crippen molar-refractivity contribution < 1.29 is 0 Å². The number of hydrogen-bond acceptors (Lipinski definition) is 4. The van der Waals surface area contributed by atoms with E-state index in [1.165, 1.54) is 5.56 Å². The molecule has 1 N–H and O–H groups in total. The number of aryl methyl sites for hydroxylation is 1. The van der Waals surface area contributed by atoms with Gasteiger partial charge in [0.05, 0.1) is 11.1 Å². The molecular formula is C12H16N4S. The molecule has 17 heavy (non-hydrogen) atoms. The van der Waals surface area contributed by atoms with Gasteiger partial charge in [-0.3, -0.25) is 4.68 Å². The fourth-order valence-corrected chi connectivity index (χ4v) is 2.24. The number of nitrogens with one attached hydrogen (secondary N) is 1. The van der Waals surface area contributed by atoms with Gasteiger partial charge in [-0.05, 0) is 25.6 Å². The summed E-state index contributed by atoms with van der Waals surface area (Å²) >= 11 is 1.62. The lowest BCUT2D eigenvalue weighted by atomic mass is 10.1. The Labute approximate surface area is 105 Å². The quantitative estimate of drug-likeness (QED) is 0.901. The maximum Gasteiger partial charge on any atom is 0.101 e. The Morgan fingerprint density at radius 1 is 1.35 bits per heavy atom. The van der Waals surface area contributed by atoms with Crippen LogP contribution >= 0.6 is 11.8 Å². The molecule has 0 fully saturated rings. The van der Waals surface area contributed by atoms with E-state index < -0.39 is 0 Å². The molecular weight excluding hydrogens is 232 g/mol. The van der Waals surface area contributed by atoms with Gasteiger partial charge in [-0.1, -0.05) is 17.8 Å². The second-order valence-electron chi connectivity index (χ2n) is 3.89. The number of hydrogen-bond donors (Lipinski definition) is 1. The Morgan fingerprint density at radius 2 is 2.18 bits per heavy atom. The SMILES string of the molecule is CNC(C)c1ccc(Sc2cnn(C)c2)nc1. The summed E-state index contributed by atoms with van der Waals surface area (Å²) in [6.45, 7) is 2.12. The summed E-state index contributed by atoms with van der Waals surface area (Å²) in [7, 11) is 3.86. The van der Waals surface area contributed by atoms with Crippen molar-refractivity contribution >= 4 is 11.8 Å². The van der Waals surface area contributed by atoms with E-state index in [1.807, 2.05) is 38.8 Å². The molecule has 0 aliphatic carbocycles. The molecule has 1 unspecified atom stereocenters. The smallest absolute Gasteiger partial charge is 0.101 e. The van der Waals surface area contributed by atoms with Crippen LogP contribution in [0.5, 0.6) is 0 Å². The second kappa shape index (κ2) is 5.33. The maximum atomic E-state index is 4.44. The summed E-state index contributed by atoms with van der Waals surface area (Å²) in [6, 6.07) is 4.48. The Balaban J connectivity index is 2.08. The minimum absolute atomic E-state index is 0.333. The van der Waals surface area contributed by atoms with Crippen LogP contribution in [0.1, 0.15) is 18.5 Å². The van der Waals surface area contributed by atoms with Crippen LogP contribution in [0.2, 0.25) is 0 Å². The molecule has 0 spiro atoms.